The molecule has 0 spiro atoms. The van der Waals surface area contributed by atoms with E-state index in [0.717, 1.165) is 12.1 Å². The van der Waals surface area contributed by atoms with Crippen LogP contribution in [0.2, 0.25) is 0 Å². The Labute approximate surface area is 149 Å². The zero-order chi connectivity index (χ0) is 13.9. The van der Waals surface area contributed by atoms with Gasteiger partial charge in [-0.1, -0.05) is 23.1 Å². The number of carbonyl (C=O) groups is 1. The summed E-state index contributed by atoms with van der Waals surface area (Å²) < 4.78 is 36.9. The van der Waals surface area contributed by atoms with Crippen LogP contribution in [0.1, 0.15) is 21.5 Å². The summed E-state index contributed by atoms with van der Waals surface area (Å²) in [5.74, 6) is -1.36. The average Bonchev–Trinajstić information content (AvgIpc) is 2.20. The number of rotatable bonds is 4. The standard InChI is InChI=1S/C9H8BF3N3O2.K/c1-5-7(9(17)18)2-6(4-10(11,12)13)3-8(5)15-16-14;/h2-3H,4H2,1H3,(H,17,18);/q-1;+1. The van der Waals surface area contributed by atoms with Crippen molar-refractivity contribution in [3.63, 3.8) is 0 Å². The smallest absolute Gasteiger partial charge is 0.478 e. The van der Waals surface area contributed by atoms with Gasteiger partial charge >= 0.3 is 64.3 Å². The molecule has 1 aromatic carbocycles. The molecule has 0 radical (unpaired) electrons. The number of azide groups is 1. The molecule has 0 saturated carbocycles. The molecule has 0 aliphatic heterocycles. The molecule has 10 heteroatoms. The number of nitrogens with zero attached hydrogens (tertiary/aromatic N) is 3. The molecule has 0 amide bonds. The Morgan fingerprint density at radius 1 is 1.47 bits per heavy atom. The van der Waals surface area contributed by atoms with Crippen LogP contribution in [0.15, 0.2) is 17.2 Å². The fourth-order valence-corrected chi connectivity index (χ4v) is 1.52. The molecule has 1 rings (SSSR count). The van der Waals surface area contributed by atoms with E-state index in [1.54, 1.807) is 0 Å². The van der Waals surface area contributed by atoms with Crippen LogP contribution >= 0.6 is 0 Å². The monoisotopic (exact) mass is 297 g/mol. The molecule has 96 valence electrons. The van der Waals surface area contributed by atoms with E-state index in [1.807, 2.05) is 0 Å². The maximum atomic E-state index is 12.3. The summed E-state index contributed by atoms with van der Waals surface area (Å²) in [6.45, 7) is -3.71. The summed E-state index contributed by atoms with van der Waals surface area (Å²) in [6, 6.07) is 2.00. The fraction of sp³-hybridized carbons (Fsp3) is 0.222. The molecule has 0 heterocycles. The molecule has 0 aliphatic carbocycles. The van der Waals surface area contributed by atoms with E-state index in [-0.39, 0.29) is 73.8 Å². The predicted molar refractivity (Wildman–Crippen MR) is 59.7 cm³/mol. The number of carboxylic acid groups (broad SMARTS) is 1. The van der Waals surface area contributed by atoms with Crippen LogP contribution in [0, 0.1) is 6.92 Å². The molecule has 0 saturated heterocycles. The minimum absolute atomic E-state index is 0. The van der Waals surface area contributed by atoms with Gasteiger partial charge in [0, 0.05) is 10.6 Å². The first-order chi connectivity index (χ1) is 8.24. The Bertz CT molecular complexity index is 521. The number of hydrogen-bond acceptors (Lipinski definition) is 2. The van der Waals surface area contributed by atoms with Crippen LogP contribution in [0.25, 0.3) is 10.4 Å². The van der Waals surface area contributed by atoms with Crippen molar-refractivity contribution in [2.45, 2.75) is 13.2 Å². The molecular formula is C9H8BF3KN3O2. The van der Waals surface area contributed by atoms with Crippen molar-refractivity contribution in [1.82, 2.24) is 0 Å². The van der Waals surface area contributed by atoms with Gasteiger partial charge < -0.3 is 18.1 Å². The van der Waals surface area contributed by atoms with Gasteiger partial charge in [-0.05, 0) is 24.1 Å². The SMILES string of the molecule is Cc1c(N=[N+]=[N-])cc(C[B-](F)(F)F)cc1C(=O)O.[K+]. The molecule has 0 fully saturated rings. The number of halogens is 3. The Hall–Kier alpha value is -0.509. The molecular weight excluding hydrogens is 289 g/mol. The normalized spacial score (nSPS) is 10.3. The van der Waals surface area contributed by atoms with E-state index in [2.05, 4.69) is 10.0 Å². The Morgan fingerprint density at radius 3 is 2.47 bits per heavy atom. The number of carboxylic acids is 1. The molecule has 0 atom stereocenters. The van der Waals surface area contributed by atoms with E-state index in [0.29, 0.717) is 0 Å². The van der Waals surface area contributed by atoms with Crippen molar-refractivity contribution in [3.05, 3.63) is 39.3 Å². The van der Waals surface area contributed by atoms with Crippen molar-refractivity contribution in [2.75, 3.05) is 0 Å². The van der Waals surface area contributed by atoms with Crippen molar-refractivity contribution in [2.24, 2.45) is 5.11 Å². The minimum Gasteiger partial charge on any atom is -0.478 e. The van der Waals surface area contributed by atoms with Gasteiger partial charge in [-0.15, -0.1) is 0 Å². The molecule has 0 aliphatic rings. The van der Waals surface area contributed by atoms with Crippen molar-refractivity contribution < 1.29 is 74.2 Å². The molecule has 0 unspecified atom stereocenters. The quantitative estimate of drug-likeness (QED) is 0.381. The first-order valence-electron chi connectivity index (χ1n) is 4.87. The van der Waals surface area contributed by atoms with Crippen LogP contribution < -0.4 is 51.4 Å². The summed E-state index contributed by atoms with van der Waals surface area (Å²) in [6.07, 6.45) is -1.21. The van der Waals surface area contributed by atoms with Crippen LogP contribution in [0.3, 0.4) is 0 Å². The predicted octanol–water partition coefficient (Wildman–Crippen LogP) is 0.568. The Morgan fingerprint density at radius 2 is 2.05 bits per heavy atom. The van der Waals surface area contributed by atoms with Crippen LogP contribution in [0.5, 0.6) is 0 Å². The third-order valence-electron chi connectivity index (χ3n) is 2.29. The Kier molecular flexibility index (Phi) is 7.12. The van der Waals surface area contributed by atoms with Crippen molar-refractivity contribution in [3.8, 4) is 0 Å². The van der Waals surface area contributed by atoms with E-state index < -0.39 is 19.3 Å². The summed E-state index contributed by atoms with van der Waals surface area (Å²) >= 11 is 0. The largest absolute Gasteiger partial charge is 1.00 e. The minimum atomic E-state index is -5.08. The van der Waals surface area contributed by atoms with Crippen LogP contribution in [-0.4, -0.2) is 18.1 Å². The summed E-state index contributed by atoms with van der Waals surface area (Å²) in [5, 5.41) is 12.1. The van der Waals surface area contributed by atoms with Gasteiger partial charge in [0.15, 0.2) is 0 Å². The topological polar surface area (TPSA) is 86.1 Å². The molecule has 0 bridgehead atoms. The molecule has 1 aromatic rings. The van der Waals surface area contributed by atoms with Gasteiger partial charge in [0.1, 0.15) is 0 Å². The van der Waals surface area contributed by atoms with E-state index in [4.69, 9.17) is 10.6 Å². The van der Waals surface area contributed by atoms with Gasteiger partial charge in [-0.2, -0.15) is 0 Å². The van der Waals surface area contributed by atoms with Gasteiger partial charge in [-0.3, -0.25) is 0 Å². The second-order valence-corrected chi connectivity index (χ2v) is 3.70. The van der Waals surface area contributed by atoms with Gasteiger partial charge in [-0.25, -0.2) is 4.79 Å². The molecule has 0 aromatic heterocycles. The molecule has 1 N–H and O–H groups in total. The first kappa shape index (κ1) is 18.5. The number of hydrogen-bond donors (Lipinski definition) is 1. The zero-order valence-corrected chi connectivity index (χ0v) is 13.4. The van der Waals surface area contributed by atoms with Gasteiger partial charge in [0.05, 0.1) is 5.56 Å². The molecule has 5 nitrogen and oxygen atoms in total. The third kappa shape index (κ3) is 5.55. The van der Waals surface area contributed by atoms with E-state index in [1.165, 1.54) is 6.92 Å². The van der Waals surface area contributed by atoms with Gasteiger partial charge in [0.2, 0.25) is 0 Å². The maximum Gasteiger partial charge on any atom is 1.00 e. The zero-order valence-electron chi connectivity index (χ0n) is 10.3. The summed E-state index contributed by atoms with van der Waals surface area (Å²) in [4.78, 5) is 13.3. The molecule has 19 heavy (non-hydrogen) atoms. The van der Waals surface area contributed by atoms with E-state index in [9.17, 15) is 17.7 Å². The van der Waals surface area contributed by atoms with Crippen molar-refractivity contribution in [1.29, 1.82) is 0 Å². The average molecular weight is 297 g/mol. The maximum absolute atomic E-state index is 12.3. The van der Waals surface area contributed by atoms with Crippen molar-refractivity contribution >= 4 is 18.6 Å². The third-order valence-corrected chi connectivity index (χ3v) is 2.29. The van der Waals surface area contributed by atoms with Gasteiger partial charge in [0.25, 0.3) is 0 Å². The summed E-state index contributed by atoms with van der Waals surface area (Å²) in [7, 11) is 0. The first-order valence-corrected chi connectivity index (χ1v) is 4.87. The van der Waals surface area contributed by atoms with Crippen LogP contribution in [0.4, 0.5) is 18.6 Å². The van der Waals surface area contributed by atoms with Crippen LogP contribution in [-0.2, 0) is 6.32 Å². The van der Waals surface area contributed by atoms with E-state index >= 15 is 0 Å². The number of benzene rings is 1. The second kappa shape index (κ2) is 7.32. The second-order valence-electron chi connectivity index (χ2n) is 3.70. The summed E-state index contributed by atoms with van der Waals surface area (Å²) in [5.41, 5.74) is 7.80. The Balaban J connectivity index is 0.00000324. The number of aromatic carboxylic acids is 1. The fourth-order valence-electron chi connectivity index (χ4n) is 1.52.